The fraction of sp³-hybridized carbons (Fsp3) is 0.943. The van der Waals surface area contributed by atoms with Crippen molar-refractivity contribution in [3.63, 3.8) is 0 Å². The Morgan fingerprint density at radius 2 is 0.667 bits per heavy atom. The summed E-state index contributed by atoms with van der Waals surface area (Å²) in [5, 5.41) is 23.3. The first-order valence-electron chi connectivity index (χ1n) is 26.4. The molecule has 57 heavy (non-hydrogen) atoms. The molecule has 2 atom stereocenters. The highest BCUT2D eigenvalue weighted by Gasteiger charge is 2.20. The molecule has 0 saturated carbocycles. The summed E-state index contributed by atoms with van der Waals surface area (Å²) in [7, 11) is 0. The van der Waals surface area contributed by atoms with E-state index in [1.165, 1.54) is 250 Å². The van der Waals surface area contributed by atoms with Gasteiger partial charge in [0.1, 0.15) is 0 Å². The number of allylic oxidation sites excluding steroid dienone is 2. The maximum absolute atomic E-state index is 12.5. The monoisotopic (exact) mass is 804 g/mol. The van der Waals surface area contributed by atoms with Crippen molar-refractivity contribution in [2.45, 2.75) is 315 Å². The molecule has 0 aliphatic carbocycles. The van der Waals surface area contributed by atoms with Crippen molar-refractivity contribution in [3.8, 4) is 0 Å². The van der Waals surface area contributed by atoms with E-state index in [2.05, 4.69) is 31.3 Å². The van der Waals surface area contributed by atoms with Gasteiger partial charge >= 0.3 is 0 Å². The van der Waals surface area contributed by atoms with Gasteiger partial charge in [0.05, 0.1) is 18.8 Å². The van der Waals surface area contributed by atoms with Crippen LogP contribution in [0.2, 0.25) is 0 Å². The number of hydrogen-bond acceptors (Lipinski definition) is 3. The molecular weight excluding hydrogens is 699 g/mol. The molecule has 1 amide bonds. The predicted molar refractivity (Wildman–Crippen MR) is 253 cm³/mol. The lowest BCUT2D eigenvalue weighted by Gasteiger charge is -2.22. The second-order valence-corrected chi connectivity index (χ2v) is 18.3. The minimum absolute atomic E-state index is 0.0267. The zero-order chi connectivity index (χ0) is 41.4. The topological polar surface area (TPSA) is 69.6 Å². The summed E-state index contributed by atoms with van der Waals surface area (Å²) in [5.41, 5.74) is 0. The molecule has 0 radical (unpaired) electrons. The third-order valence-electron chi connectivity index (χ3n) is 12.5. The number of amides is 1. The molecular formula is C53H105NO3. The molecule has 0 aliphatic rings. The molecule has 0 heterocycles. The van der Waals surface area contributed by atoms with E-state index in [1.54, 1.807) is 0 Å². The fourth-order valence-electron chi connectivity index (χ4n) is 8.48. The van der Waals surface area contributed by atoms with Gasteiger partial charge in [-0.2, -0.15) is 0 Å². The molecule has 0 aromatic heterocycles. The molecule has 0 saturated heterocycles. The second-order valence-electron chi connectivity index (χ2n) is 18.3. The summed E-state index contributed by atoms with van der Waals surface area (Å²) in [5.74, 6) is -0.0267. The van der Waals surface area contributed by atoms with E-state index in [-0.39, 0.29) is 12.5 Å². The third kappa shape index (κ3) is 46.1. The minimum atomic E-state index is -0.657. The minimum Gasteiger partial charge on any atom is -0.394 e. The van der Waals surface area contributed by atoms with E-state index in [9.17, 15) is 15.0 Å². The van der Waals surface area contributed by atoms with Crippen molar-refractivity contribution >= 4 is 5.91 Å². The van der Waals surface area contributed by atoms with Crippen LogP contribution in [0, 0.1) is 0 Å². The van der Waals surface area contributed by atoms with Crippen LogP contribution in [0.5, 0.6) is 0 Å². The Balaban J connectivity index is 3.44. The van der Waals surface area contributed by atoms with Crippen molar-refractivity contribution < 1.29 is 15.0 Å². The highest BCUT2D eigenvalue weighted by atomic mass is 16.3. The van der Waals surface area contributed by atoms with Gasteiger partial charge < -0.3 is 15.5 Å². The zero-order valence-electron chi connectivity index (χ0n) is 39.1. The smallest absolute Gasteiger partial charge is 0.220 e. The van der Waals surface area contributed by atoms with Gasteiger partial charge in [-0.15, -0.1) is 0 Å². The number of carbonyl (C=O) groups excluding carboxylic acids is 1. The van der Waals surface area contributed by atoms with Crippen molar-refractivity contribution in [2.24, 2.45) is 0 Å². The number of rotatable bonds is 49. The standard InChI is InChI=1S/C53H105NO3/c1-3-5-7-9-11-13-15-17-19-21-23-25-27-29-31-33-35-37-39-41-43-45-47-49-53(57)54-51(50-55)52(56)48-46-44-42-40-38-36-34-32-30-28-26-24-22-20-18-16-14-12-10-8-6-4-2/h21,23,51-52,55-56H,3-20,22,24-50H2,1-2H3,(H,54,57)/b23-21-. The van der Waals surface area contributed by atoms with Crippen LogP contribution in [0.4, 0.5) is 0 Å². The van der Waals surface area contributed by atoms with Gasteiger partial charge in [0, 0.05) is 6.42 Å². The summed E-state index contributed by atoms with van der Waals surface area (Å²) < 4.78 is 0. The van der Waals surface area contributed by atoms with E-state index in [0.717, 1.165) is 25.7 Å². The van der Waals surface area contributed by atoms with Crippen molar-refractivity contribution in [1.82, 2.24) is 5.32 Å². The molecule has 2 unspecified atom stereocenters. The van der Waals surface area contributed by atoms with E-state index >= 15 is 0 Å². The van der Waals surface area contributed by atoms with Crippen LogP contribution < -0.4 is 5.32 Å². The SMILES string of the molecule is CCCCCCCCCC/C=C\CCCCCCCCCCCCCC(=O)NC(CO)C(O)CCCCCCCCCCCCCCCCCCCCCCCC. The predicted octanol–water partition coefficient (Wildman–Crippen LogP) is 17.0. The maximum Gasteiger partial charge on any atom is 0.220 e. The summed E-state index contributed by atoms with van der Waals surface area (Å²) in [6, 6.07) is -0.534. The van der Waals surface area contributed by atoms with Gasteiger partial charge in [-0.3, -0.25) is 4.79 Å². The van der Waals surface area contributed by atoms with Gasteiger partial charge in [-0.1, -0.05) is 270 Å². The number of nitrogens with one attached hydrogen (secondary N) is 1. The van der Waals surface area contributed by atoms with Gasteiger partial charge in [0.15, 0.2) is 0 Å². The Labute approximate surface area is 358 Å². The Morgan fingerprint density at radius 3 is 0.965 bits per heavy atom. The average molecular weight is 804 g/mol. The lowest BCUT2D eigenvalue weighted by atomic mass is 10.0. The van der Waals surface area contributed by atoms with Crippen LogP contribution in [0.25, 0.3) is 0 Å². The fourth-order valence-corrected chi connectivity index (χ4v) is 8.48. The zero-order valence-corrected chi connectivity index (χ0v) is 39.1. The maximum atomic E-state index is 12.5. The first kappa shape index (κ1) is 56.1. The highest BCUT2D eigenvalue weighted by molar-refractivity contribution is 5.76. The van der Waals surface area contributed by atoms with Crippen LogP contribution in [0.15, 0.2) is 12.2 Å². The Bertz CT molecular complexity index is 784. The van der Waals surface area contributed by atoms with Gasteiger partial charge in [0.25, 0.3) is 0 Å². The molecule has 0 aromatic rings. The normalized spacial score (nSPS) is 12.8. The number of aliphatic hydroxyl groups is 2. The summed E-state index contributed by atoms with van der Waals surface area (Å²) in [6.07, 6.45) is 63.2. The number of aliphatic hydroxyl groups excluding tert-OH is 2. The van der Waals surface area contributed by atoms with Crippen LogP contribution in [-0.2, 0) is 4.79 Å². The lowest BCUT2D eigenvalue weighted by molar-refractivity contribution is -0.123. The number of unbranched alkanes of at least 4 members (excludes halogenated alkanes) is 40. The van der Waals surface area contributed by atoms with Crippen LogP contribution in [0.3, 0.4) is 0 Å². The van der Waals surface area contributed by atoms with Crippen LogP contribution >= 0.6 is 0 Å². The Hall–Kier alpha value is -0.870. The largest absolute Gasteiger partial charge is 0.394 e. The molecule has 0 bridgehead atoms. The van der Waals surface area contributed by atoms with Crippen molar-refractivity contribution in [3.05, 3.63) is 12.2 Å². The number of carbonyl (C=O) groups is 1. The van der Waals surface area contributed by atoms with E-state index < -0.39 is 12.1 Å². The summed E-state index contributed by atoms with van der Waals surface area (Å²) >= 11 is 0. The Kier molecular flexibility index (Phi) is 48.7. The number of hydrogen-bond donors (Lipinski definition) is 3. The molecule has 4 heteroatoms. The molecule has 0 rings (SSSR count). The molecule has 340 valence electrons. The molecule has 3 N–H and O–H groups in total. The van der Waals surface area contributed by atoms with Crippen molar-refractivity contribution in [2.75, 3.05) is 6.61 Å². The van der Waals surface area contributed by atoms with Gasteiger partial charge in [0.2, 0.25) is 5.91 Å². The van der Waals surface area contributed by atoms with Gasteiger partial charge in [-0.05, 0) is 38.5 Å². The molecule has 4 nitrogen and oxygen atoms in total. The van der Waals surface area contributed by atoms with E-state index in [0.29, 0.717) is 12.8 Å². The molecule has 0 aromatic carbocycles. The Morgan fingerprint density at radius 1 is 0.404 bits per heavy atom. The molecule has 0 spiro atoms. The van der Waals surface area contributed by atoms with E-state index in [4.69, 9.17) is 0 Å². The summed E-state index contributed by atoms with van der Waals surface area (Å²) in [6.45, 7) is 4.39. The van der Waals surface area contributed by atoms with Crippen molar-refractivity contribution in [1.29, 1.82) is 0 Å². The second kappa shape index (κ2) is 49.5. The highest BCUT2D eigenvalue weighted by Crippen LogP contribution is 2.17. The molecule has 0 aliphatic heterocycles. The lowest BCUT2D eigenvalue weighted by Crippen LogP contribution is -2.45. The third-order valence-corrected chi connectivity index (χ3v) is 12.5. The van der Waals surface area contributed by atoms with Crippen LogP contribution in [0.1, 0.15) is 303 Å². The summed E-state index contributed by atoms with van der Waals surface area (Å²) in [4.78, 5) is 12.5. The van der Waals surface area contributed by atoms with E-state index in [1.807, 2.05) is 0 Å². The van der Waals surface area contributed by atoms with Gasteiger partial charge in [-0.25, -0.2) is 0 Å². The first-order valence-corrected chi connectivity index (χ1v) is 26.4. The molecule has 0 fully saturated rings. The van der Waals surface area contributed by atoms with Crippen LogP contribution in [-0.4, -0.2) is 34.9 Å². The quantitative estimate of drug-likeness (QED) is 0.0424. The average Bonchev–Trinajstić information content (AvgIpc) is 3.22. The first-order chi connectivity index (χ1) is 28.2.